The Hall–Kier alpha value is -2.24. The number of nitrogens with one attached hydrogen (secondary N) is 1. The highest BCUT2D eigenvalue weighted by Gasteiger charge is 2.17. The molecule has 0 saturated carbocycles. The van der Waals surface area contributed by atoms with Crippen LogP contribution in [0.2, 0.25) is 0 Å². The number of nitrogens with zero attached hydrogens (tertiary/aromatic N) is 5. The molecule has 0 aromatic rings. The highest BCUT2D eigenvalue weighted by molar-refractivity contribution is 5.89. The standard InChI is InChI=1S/C16H31N7O5/c1-22(11-14(24)10-19-5-3-6-20-21-18)15(25)12-23(2)16(26)13-28-9-8-27-7-4-17/h19H,3-13,17H2,1-2H3. The van der Waals surface area contributed by atoms with Crippen LogP contribution in [0.3, 0.4) is 0 Å². The second-order valence-electron chi connectivity index (χ2n) is 5.98. The van der Waals surface area contributed by atoms with Crippen LogP contribution in [0, 0.1) is 0 Å². The van der Waals surface area contributed by atoms with E-state index >= 15 is 0 Å². The molecule has 0 radical (unpaired) electrons. The van der Waals surface area contributed by atoms with E-state index in [1.54, 1.807) is 0 Å². The van der Waals surface area contributed by atoms with Crippen molar-refractivity contribution in [2.45, 2.75) is 6.42 Å². The summed E-state index contributed by atoms with van der Waals surface area (Å²) >= 11 is 0. The molecule has 160 valence electrons. The maximum Gasteiger partial charge on any atom is 0.248 e. The van der Waals surface area contributed by atoms with Crippen LogP contribution in [-0.4, -0.2) is 107 Å². The van der Waals surface area contributed by atoms with Crippen LogP contribution in [0.5, 0.6) is 0 Å². The second-order valence-corrected chi connectivity index (χ2v) is 5.98. The van der Waals surface area contributed by atoms with Crippen molar-refractivity contribution in [3.8, 4) is 0 Å². The summed E-state index contributed by atoms with van der Waals surface area (Å²) in [5.41, 5.74) is 13.4. The van der Waals surface area contributed by atoms with E-state index in [9.17, 15) is 14.4 Å². The number of hydrogen-bond donors (Lipinski definition) is 2. The molecule has 0 aromatic heterocycles. The van der Waals surface area contributed by atoms with E-state index < -0.39 is 0 Å². The minimum atomic E-state index is -0.348. The number of ketones is 1. The van der Waals surface area contributed by atoms with E-state index in [1.807, 2.05) is 0 Å². The van der Waals surface area contributed by atoms with Gasteiger partial charge in [-0.3, -0.25) is 14.4 Å². The normalized spacial score (nSPS) is 10.2. The number of Topliss-reactive ketones (excluding diaryl/α,β-unsaturated/α-hetero) is 1. The number of likely N-dealkylation sites (N-methyl/N-ethyl adjacent to an activating group) is 2. The van der Waals surface area contributed by atoms with Crippen molar-refractivity contribution in [1.82, 2.24) is 15.1 Å². The maximum atomic E-state index is 12.1. The van der Waals surface area contributed by atoms with Crippen LogP contribution in [0.25, 0.3) is 10.4 Å². The molecule has 0 bridgehead atoms. The second kappa shape index (κ2) is 16.9. The van der Waals surface area contributed by atoms with Crippen molar-refractivity contribution in [3.63, 3.8) is 0 Å². The van der Waals surface area contributed by atoms with Gasteiger partial charge in [-0.1, -0.05) is 5.11 Å². The van der Waals surface area contributed by atoms with Gasteiger partial charge < -0.3 is 30.3 Å². The Morgan fingerprint density at radius 3 is 2.43 bits per heavy atom. The molecular formula is C16H31N7O5. The van der Waals surface area contributed by atoms with Crippen LogP contribution in [0.15, 0.2) is 5.11 Å². The molecule has 12 heteroatoms. The molecule has 12 nitrogen and oxygen atoms in total. The molecule has 0 saturated heterocycles. The molecule has 0 aromatic carbocycles. The summed E-state index contributed by atoms with van der Waals surface area (Å²) in [6.45, 7) is 2.12. The average Bonchev–Trinajstić information content (AvgIpc) is 2.66. The topological polar surface area (TPSA) is 163 Å². The SMILES string of the molecule is CN(CC(=O)CNCCCN=[N+]=[N-])C(=O)CN(C)C(=O)COCCOCCN. The number of azide groups is 1. The lowest BCUT2D eigenvalue weighted by molar-refractivity contribution is -0.142. The molecular weight excluding hydrogens is 370 g/mol. The number of ether oxygens (including phenoxy) is 2. The van der Waals surface area contributed by atoms with Gasteiger partial charge in [0, 0.05) is 32.1 Å². The van der Waals surface area contributed by atoms with Gasteiger partial charge in [-0.05, 0) is 18.5 Å². The molecule has 0 atom stereocenters. The Balaban J connectivity index is 3.96. The van der Waals surface area contributed by atoms with E-state index in [2.05, 4.69) is 15.3 Å². The first-order valence-electron chi connectivity index (χ1n) is 8.99. The van der Waals surface area contributed by atoms with Gasteiger partial charge in [0.15, 0.2) is 5.78 Å². The minimum absolute atomic E-state index is 0.0564. The molecule has 3 N–H and O–H groups in total. The number of carbonyl (C=O) groups is 3. The quantitative estimate of drug-likeness (QED) is 0.133. The number of amides is 2. The van der Waals surface area contributed by atoms with Gasteiger partial charge in [-0.25, -0.2) is 0 Å². The van der Waals surface area contributed by atoms with Crippen molar-refractivity contribution in [1.29, 1.82) is 0 Å². The summed E-state index contributed by atoms with van der Waals surface area (Å²) in [6, 6.07) is 0. The smallest absolute Gasteiger partial charge is 0.248 e. The zero-order valence-corrected chi connectivity index (χ0v) is 16.6. The maximum absolute atomic E-state index is 12.1. The van der Waals surface area contributed by atoms with Gasteiger partial charge in [0.25, 0.3) is 0 Å². The van der Waals surface area contributed by atoms with Gasteiger partial charge in [-0.2, -0.15) is 0 Å². The van der Waals surface area contributed by atoms with E-state index in [0.29, 0.717) is 39.3 Å². The Kier molecular flexibility index (Phi) is 15.5. The summed E-state index contributed by atoms with van der Waals surface area (Å²) in [5, 5.41) is 6.31. The molecule has 0 spiro atoms. The lowest BCUT2D eigenvalue weighted by Gasteiger charge is -2.21. The summed E-state index contributed by atoms with van der Waals surface area (Å²) in [5.74, 6) is -0.846. The van der Waals surface area contributed by atoms with Crippen LogP contribution in [0.4, 0.5) is 0 Å². The minimum Gasteiger partial charge on any atom is -0.378 e. The van der Waals surface area contributed by atoms with E-state index in [1.165, 1.54) is 23.9 Å². The number of rotatable bonds is 17. The van der Waals surface area contributed by atoms with Gasteiger partial charge in [0.05, 0.1) is 39.5 Å². The van der Waals surface area contributed by atoms with Crippen LogP contribution in [-0.2, 0) is 23.9 Å². The van der Waals surface area contributed by atoms with E-state index in [0.717, 1.165) is 0 Å². The molecule has 0 aliphatic carbocycles. The lowest BCUT2D eigenvalue weighted by atomic mass is 10.3. The molecule has 0 aliphatic rings. The molecule has 0 unspecified atom stereocenters. The van der Waals surface area contributed by atoms with Crippen LogP contribution >= 0.6 is 0 Å². The summed E-state index contributed by atoms with van der Waals surface area (Å²) in [6.07, 6.45) is 0.625. The average molecular weight is 401 g/mol. The monoisotopic (exact) mass is 401 g/mol. The Bertz CT molecular complexity index is 526. The highest BCUT2D eigenvalue weighted by atomic mass is 16.5. The Labute approximate surface area is 164 Å². The van der Waals surface area contributed by atoms with E-state index in [4.69, 9.17) is 20.7 Å². The molecule has 0 aliphatic heterocycles. The summed E-state index contributed by atoms with van der Waals surface area (Å²) in [4.78, 5) is 41.1. The van der Waals surface area contributed by atoms with Crippen LogP contribution < -0.4 is 11.1 Å². The summed E-state index contributed by atoms with van der Waals surface area (Å²) < 4.78 is 10.3. The van der Waals surface area contributed by atoms with Gasteiger partial charge in [0.1, 0.15) is 6.61 Å². The fraction of sp³-hybridized carbons (Fsp3) is 0.812. The third-order valence-corrected chi connectivity index (χ3v) is 3.49. The van der Waals surface area contributed by atoms with Gasteiger partial charge in [0.2, 0.25) is 11.8 Å². The first-order chi connectivity index (χ1) is 13.4. The van der Waals surface area contributed by atoms with E-state index in [-0.39, 0.29) is 50.4 Å². The Morgan fingerprint density at radius 2 is 1.75 bits per heavy atom. The van der Waals surface area contributed by atoms with Gasteiger partial charge >= 0.3 is 0 Å². The van der Waals surface area contributed by atoms with Crippen molar-refractivity contribution >= 4 is 17.6 Å². The number of nitrogens with two attached hydrogens (primary N) is 1. The number of carbonyl (C=O) groups excluding carboxylic acids is 3. The molecule has 28 heavy (non-hydrogen) atoms. The molecule has 2 amide bonds. The molecule has 0 rings (SSSR count). The predicted octanol–water partition coefficient (Wildman–Crippen LogP) is -1.25. The fourth-order valence-corrected chi connectivity index (χ4v) is 1.94. The summed E-state index contributed by atoms with van der Waals surface area (Å²) in [7, 11) is 3.00. The van der Waals surface area contributed by atoms with Crippen molar-refractivity contribution in [2.75, 3.05) is 79.8 Å². The van der Waals surface area contributed by atoms with Crippen molar-refractivity contribution < 1.29 is 23.9 Å². The first-order valence-corrected chi connectivity index (χ1v) is 8.99. The molecule has 0 fully saturated rings. The highest BCUT2D eigenvalue weighted by Crippen LogP contribution is 1.93. The zero-order valence-electron chi connectivity index (χ0n) is 16.6. The number of hydrogen-bond acceptors (Lipinski definition) is 8. The lowest BCUT2D eigenvalue weighted by Crippen LogP contribution is -2.43. The third kappa shape index (κ3) is 13.9. The Morgan fingerprint density at radius 1 is 1.07 bits per heavy atom. The largest absolute Gasteiger partial charge is 0.378 e. The molecule has 0 heterocycles. The predicted molar refractivity (Wildman–Crippen MR) is 102 cm³/mol. The van der Waals surface area contributed by atoms with Gasteiger partial charge in [-0.15, -0.1) is 0 Å². The fourth-order valence-electron chi connectivity index (χ4n) is 1.94. The first kappa shape index (κ1) is 25.8. The van der Waals surface area contributed by atoms with Crippen molar-refractivity contribution in [2.24, 2.45) is 10.8 Å². The third-order valence-electron chi connectivity index (χ3n) is 3.49. The van der Waals surface area contributed by atoms with Crippen LogP contribution in [0.1, 0.15) is 6.42 Å². The van der Waals surface area contributed by atoms with Crippen molar-refractivity contribution in [3.05, 3.63) is 10.4 Å². The zero-order chi connectivity index (χ0) is 21.2.